The molecular weight excluding hydrogens is 332 g/mol. The lowest BCUT2D eigenvalue weighted by molar-refractivity contribution is -0.123. The van der Waals surface area contributed by atoms with Crippen LogP contribution in [0.15, 0.2) is 16.6 Å². The van der Waals surface area contributed by atoms with E-state index in [0.29, 0.717) is 11.0 Å². The van der Waals surface area contributed by atoms with Crippen LogP contribution in [0.1, 0.15) is 44.8 Å². The second-order valence-corrected chi connectivity index (χ2v) is 7.29. The van der Waals surface area contributed by atoms with Crippen LogP contribution in [0.2, 0.25) is 0 Å². The number of carbonyl (C=O) groups is 1. The van der Waals surface area contributed by atoms with Crippen LogP contribution in [0.4, 0.5) is 11.4 Å². The maximum atomic E-state index is 11.6. The van der Waals surface area contributed by atoms with E-state index in [1.807, 2.05) is 12.1 Å². The lowest BCUT2D eigenvalue weighted by Crippen LogP contribution is -2.38. The molecule has 0 aliphatic carbocycles. The average Bonchev–Trinajstić information content (AvgIpc) is 2.75. The number of anilines is 2. The van der Waals surface area contributed by atoms with E-state index in [2.05, 4.69) is 40.0 Å². The number of aliphatic hydroxyl groups is 1. The highest BCUT2D eigenvalue weighted by Crippen LogP contribution is 2.42. The third-order valence-corrected chi connectivity index (χ3v) is 5.72. The molecule has 2 aliphatic heterocycles. The summed E-state index contributed by atoms with van der Waals surface area (Å²) in [6.45, 7) is 6.67. The minimum absolute atomic E-state index is 0.341. The van der Waals surface area contributed by atoms with Crippen molar-refractivity contribution in [1.82, 2.24) is 0 Å². The van der Waals surface area contributed by atoms with Crippen molar-refractivity contribution < 1.29 is 9.90 Å². The largest absolute Gasteiger partial charge is 0.378 e. The number of aliphatic hydroxyl groups excluding tert-OH is 1. The van der Waals surface area contributed by atoms with Crippen molar-refractivity contribution in [3.63, 3.8) is 0 Å². The van der Waals surface area contributed by atoms with Crippen LogP contribution < -0.4 is 10.2 Å². The Bertz CT molecular complexity index is 580. The highest BCUT2D eigenvalue weighted by molar-refractivity contribution is 9.10. The summed E-state index contributed by atoms with van der Waals surface area (Å²) in [5.41, 5.74) is 2.94. The first-order valence-corrected chi connectivity index (χ1v) is 8.30. The Morgan fingerprint density at radius 3 is 2.71 bits per heavy atom. The average molecular weight is 353 g/mol. The van der Waals surface area contributed by atoms with E-state index in [1.165, 1.54) is 19.3 Å². The highest BCUT2D eigenvalue weighted by Gasteiger charge is 2.32. The fourth-order valence-electron chi connectivity index (χ4n) is 3.14. The van der Waals surface area contributed by atoms with Gasteiger partial charge in [0.25, 0.3) is 5.91 Å². The van der Waals surface area contributed by atoms with Gasteiger partial charge in [-0.3, -0.25) is 4.79 Å². The molecule has 1 aromatic carbocycles. The quantitative estimate of drug-likeness (QED) is 0.856. The predicted molar refractivity (Wildman–Crippen MR) is 87.6 cm³/mol. The van der Waals surface area contributed by atoms with Crippen molar-refractivity contribution in [2.75, 3.05) is 23.3 Å². The monoisotopic (exact) mass is 352 g/mol. The molecule has 1 fully saturated rings. The van der Waals surface area contributed by atoms with Gasteiger partial charge in [0.15, 0.2) is 6.10 Å². The molecule has 2 N–H and O–H groups in total. The highest BCUT2D eigenvalue weighted by atomic mass is 79.9. The lowest BCUT2D eigenvalue weighted by atomic mass is 9.78. The molecule has 1 unspecified atom stereocenters. The van der Waals surface area contributed by atoms with Crippen LogP contribution in [0.25, 0.3) is 0 Å². The molecule has 2 heterocycles. The lowest BCUT2D eigenvalue weighted by Gasteiger charge is -2.40. The maximum absolute atomic E-state index is 11.6. The minimum Gasteiger partial charge on any atom is -0.378 e. The second kappa shape index (κ2) is 5.29. The standard InChI is InChI=1S/C16H21BrN2O2/c1-3-16(2)4-6-19(7-5-16)13-9-12-10(8-11(13)17)14(20)15(21)18-12/h8-9,14,20H,3-7H2,1-2H3,(H,18,21). The first-order valence-electron chi connectivity index (χ1n) is 7.51. The van der Waals surface area contributed by atoms with Crippen LogP contribution >= 0.6 is 15.9 Å². The summed E-state index contributed by atoms with van der Waals surface area (Å²) in [5.74, 6) is -0.341. The van der Waals surface area contributed by atoms with Crippen LogP contribution in [0.3, 0.4) is 0 Å². The Morgan fingerprint density at radius 2 is 2.10 bits per heavy atom. The number of carbonyl (C=O) groups excluding carboxylic acids is 1. The molecule has 0 bridgehead atoms. The van der Waals surface area contributed by atoms with Crippen LogP contribution in [0.5, 0.6) is 0 Å². The molecule has 1 saturated heterocycles. The van der Waals surface area contributed by atoms with Crippen LogP contribution in [-0.4, -0.2) is 24.1 Å². The van der Waals surface area contributed by atoms with Crippen LogP contribution in [0, 0.1) is 5.41 Å². The number of halogens is 1. The Balaban J connectivity index is 1.85. The fourth-order valence-corrected chi connectivity index (χ4v) is 3.75. The Kier molecular flexibility index (Phi) is 3.74. The topological polar surface area (TPSA) is 52.6 Å². The minimum atomic E-state index is -1.05. The third-order valence-electron chi connectivity index (χ3n) is 5.08. The summed E-state index contributed by atoms with van der Waals surface area (Å²) in [7, 11) is 0. The van der Waals surface area contributed by atoms with Gasteiger partial charge in [0.1, 0.15) is 0 Å². The number of rotatable bonds is 2. The van der Waals surface area contributed by atoms with Crippen molar-refractivity contribution in [3.05, 3.63) is 22.2 Å². The van der Waals surface area contributed by atoms with Crippen molar-refractivity contribution in [2.45, 2.75) is 39.2 Å². The smallest absolute Gasteiger partial charge is 0.257 e. The third kappa shape index (κ3) is 2.57. The van der Waals surface area contributed by atoms with E-state index < -0.39 is 6.10 Å². The number of hydrogen-bond acceptors (Lipinski definition) is 3. The Hall–Kier alpha value is -1.07. The first kappa shape index (κ1) is 14.9. The molecule has 2 aliphatic rings. The Labute approximate surface area is 133 Å². The van der Waals surface area contributed by atoms with Gasteiger partial charge in [-0.15, -0.1) is 0 Å². The normalized spacial score (nSPS) is 23.9. The number of nitrogens with zero attached hydrogens (tertiary/aromatic N) is 1. The molecular formula is C16H21BrN2O2. The van der Waals surface area contributed by atoms with E-state index in [9.17, 15) is 9.90 Å². The summed E-state index contributed by atoms with van der Waals surface area (Å²) in [6, 6.07) is 3.84. The van der Waals surface area contributed by atoms with Gasteiger partial charge in [-0.1, -0.05) is 20.3 Å². The maximum Gasteiger partial charge on any atom is 0.257 e. The van der Waals surface area contributed by atoms with E-state index in [-0.39, 0.29) is 5.91 Å². The second-order valence-electron chi connectivity index (χ2n) is 6.43. The van der Waals surface area contributed by atoms with Gasteiger partial charge in [-0.2, -0.15) is 0 Å². The summed E-state index contributed by atoms with van der Waals surface area (Å²) in [5, 5.41) is 12.6. The molecule has 21 heavy (non-hydrogen) atoms. The zero-order valence-electron chi connectivity index (χ0n) is 12.4. The van der Waals surface area contributed by atoms with E-state index in [0.717, 1.165) is 28.9 Å². The number of amides is 1. The van der Waals surface area contributed by atoms with Gasteiger partial charge in [-0.05, 0) is 46.3 Å². The van der Waals surface area contributed by atoms with Crippen molar-refractivity contribution >= 4 is 33.2 Å². The van der Waals surface area contributed by atoms with E-state index >= 15 is 0 Å². The van der Waals surface area contributed by atoms with E-state index in [4.69, 9.17) is 0 Å². The van der Waals surface area contributed by atoms with Gasteiger partial charge in [0, 0.05) is 28.8 Å². The number of hydrogen-bond donors (Lipinski definition) is 2. The summed E-state index contributed by atoms with van der Waals surface area (Å²) >= 11 is 3.59. The van der Waals surface area contributed by atoms with Gasteiger partial charge in [0.05, 0.1) is 5.69 Å². The molecule has 1 aromatic rings. The molecule has 4 nitrogen and oxygen atoms in total. The number of piperidine rings is 1. The molecule has 1 amide bonds. The van der Waals surface area contributed by atoms with Crippen molar-refractivity contribution in [2.24, 2.45) is 5.41 Å². The molecule has 0 aromatic heterocycles. The zero-order valence-corrected chi connectivity index (χ0v) is 14.0. The molecule has 5 heteroatoms. The van der Waals surface area contributed by atoms with Gasteiger partial charge >= 0.3 is 0 Å². The molecule has 114 valence electrons. The Morgan fingerprint density at radius 1 is 1.43 bits per heavy atom. The molecule has 0 saturated carbocycles. The number of benzene rings is 1. The predicted octanol–water partition coefficient (Wildman–Crippen LogP) is 3.45. The number of fused-ring (bicyclic) bond motifs is 1. The number of nitrogens with one attached hydrogen (secondary N) is 1. The summed E-state index contributed by atoms with van der Waals surface area (Å²) in [6.07, 6.45) is 2.54. The van der Waals surface area contributed by atoms with Gasteiger partial charge in [-0.25, -0.2) is 0 Å². The first-order chi connectivity index (χ1) is 9.93. The van der Waals surface area contributed by atoms with Gasteiger partial charge < -0.3 is 15.3 Å². The van der Waals surface area contributed by atoms with Crippen LogP contribution in [-0.2, 0) is 4.79 Å². The SMILES string of the molecule is CCC1(C)CCN(c2cc3c(cc2Br)C(O)C(=O)N3)CC1. The molecule has 1 atom stereocenters. The molecule has 3 rings (SSSR count). The molecule has 0 radical (unpaired) electrons. The fraction of sp³-hybridized carbons (Fsp3) is 0.562. The summed E-state index contributed by atoms with van der Waals surface area (Å²) < 4.78 is 0.942. The zero-order chi connectivity index (χ0) is 15.2. The molecule has 0 spiro atoms. The van der Waals surface area contributed by atoms with Crippen molar-refractivity contribution in [3.8, 4) is 0 Å². The summed E-state index contributed by atoms with van der Waals surface area (Å²) in [4.78, 5) is 13.9. The van der Waals surface area contributed by atoms with E-state index in [1.54, 1.807) is 0 Å². The van der Waals surface area contributed by atoms with Crippen molar-refractivity contribution in [1.29, 1.82) is 0 Å². The van der Waals surface area contributed by atoms with Gasteiger partial charge in [0.2, 0.25) is 0 Å².